The number of aliphatic hydroxyl groups excluding tert-OH is 2. The molecule has 2 N–H and O–H groups in total. The van der Waals surface area contributed by atoms with E-state index < -0.39 is 0 Å². The Morgan fingerprint density at radius 2 is 1.44 bits per heavy atom. The first kappa shape index (κ1) is 8.74. The molecule has 5 heteroatoms. The van der Waals surface area contributed by atoms with E-state index in [0.717, 1.165) is 0 Å². The van der Waals surface area contributed by atoms with Gasteiger partial charge in [0.1, 0.15) is 0 Å². The molecule has 0 saturated heterocycles. The monoisotopic (exact) mass is 166 g/mol. The van der Waals surface area contributed by atoms with E-state index in [1.165, 1.54) is 0 Å². The van der Waals surface area contributed by atoms with Crippen molar-refractivity contribution >= 4 is 24.1 Å². The van der Waals surface area contributed by atoms with Gasteiger partial charge >= 0.3 is 0 Å². The van der Waals surface area contributed by atoms with Gasteiger partial charge in [0.05, 0.1) is 24.1 Å². The van der Waals surface area contributed by atoms with Gasteiger partial charge in [-0.25, -0.2) is 3.63 Å². The van der Waals surface area contributed by atoms with Gasteiger partial charge in [-0.1, -0.05) is 0 Å². The average Bonchev–Trinajstić information content (AvgIpc) is 1.63. The summed E-state index contributed by atoms with van der Waals surface area (Å²) in [7, 11) is 0. The van der Waals surface area contributed by atoms with Gasteiger partial charge in [-0.2, -0.15) is 0 Å². The molecule has 0 amide bonds. The van der Waals surface area contributed by atoms with Crippen molar-refractivity contribution in [1.82, 2.24) is 0 Å². The molecule has 0 aliphatic rings. The molecule has 0 radical (unpaired) electrons. The third kappa shape index (κ3) is 7.74. The van der Waals surface area contributed by atoms with Crippen molar-refractivity contribution in [2.45, 2.75) is 0 Å². The smallest absolute Gasteiger partial charge is 0.171 e. The van der Waals surface area contributed by atoms with Crippen molar-refractivity contribution in [3.63, 3.8) is 0 Å². The van der Waals surface area contributed by atoms with E-state index in [4.69, 9.17) is 10.2 Å². The molecule has 0 atom stereocenters. The lowest BCUT2D eigenvalue weighted by molar-refractivity contribution is 0.447. The van der Waals surface area contributed by atoms with Crippen LogP contribution in [0.25, 0.3) is 0 Å². The van der Waals surface area contributed by atoms with Crippen LogP contribution in [-0.4, -0.2) is 10.2 Å². The zero-order valence-corrected chi connectivity index (χ0v) is 6.17. The van der Waals surface area contributed by atoms with Crippen LogP contribution in [0.1, 0.15) is 0 Å². The molecule has 9 heavy (non-hydrogen) atoms. The van der Waals surface area contributed by atoms with Crippen LogP contribution < -0.4 is 0 Å². The molecule has 0 rings (SSSR count). The van der Waals surface area contributed by atoms with Gasteiger partial charge < -0.3 is 10.2 Å². The molecule has 0 aromatic carbocycles. The van der Waals surface area contributed by atoms with Gasteiger partial charge in [-0.05, 0) is 13.2 Å². The Morgan fingerprint density at radius 1 is 1.11 bits per heavy atom. The zero-order valence-electron chi connectivity index (χ0n) is 4.53. The predicted molar refractivity (Wildman–Crippen MR) is 39.8 cm³/mol. The molecule has 0 aliphatic heterocycles. The SMILES string of the molecule is C=C(O)SOSC(=C)O. The van der Waals surface area contributed by atoms with Crippen molar-refractivity contribution in [3.8, 4) is 0 Å². The fraction of sp³-hybridized carbons (Fsp3) is 0. The second-order valence-electron chi connectivity index (χ2n) is 1.02. The Morgan fingerprint density at radius 3 is 1.67 bits per heavy atom. The summed E-state index contributed by atoms with van der Waals surface area (Å²) in [6, 6.07) is 0. The Kier molecular flexibility index (Phi) is 4.47. The largest absolute Gasteiger partial charge is 0.501 e. The summed E-state index contributed by atoms with van der Waals surface area (Å²) in [6.07, 6.45) is 0. The highest BCUT2D eigenvalue weighted by molar-refractivity contribution is 8.11. The highest BCUT2D eigenvalue weighted by Crippen LogP contribution is 2.23. The number of hydrogen-bond donors (Lipinski definition) is 2. The number of aliphatic hydroxyl groups is 2. The maximum absolute atomic E-state index is 8.38. The molecule has 0 aliphatic carbocycles. The van der Waals surface area contributed by atoms with Crippen LogP contribution in [0.5, 0.6) is 0 Å². The fourth-order valence-electron chi connectivity index (χ4n) is 0.0956. The van der Waals surface area contributed by atoms with Crippen LogP contribution in [0.15, 0.2) is 23.3 Å². The van der Waals surface area contributed by atoms with Crippen molar-refractivity contribution < 1.29 is 13.8 Å². The molecule has 0 saturated carbocycles. The summed E-state index contributed by atoms with van der Waals surface area (Å²) >= 11 is 1.33. The maximum atomic E-state index is 8.38. The van der Waals surface area contributed by atoms with Crippen LogP contribution in [0, 0.1) is 0 Å². The predicted octanol–water partition coefficient (Wildman–Crippen LogP) is 2.36. The summed E-state index contributed by atoms with van der Waals surface area (Å²) in [6.45, 7) is 6.24. The molecular weight excluding hydrogens is 160 g/mol. The summed E-state index contributed by atoms with van der Waals surface area (Å²) in [4.78, 5) is 0. The van der Waals surface area contributed by atoms with E-state index in [1.807, 2.05) is 0 Å². The van der Waals surface area contributed by atoms with Gasteiger partial charge in [0.25, 0.3) is 0 Å². The summed E-state index contributed by atoms with van der Waals surface area (Å²) < 4.78 is 4.49. The second kappa shape index (κ2) is 4.60. The third-order valence-corrected chi connectivity index (χ3v) is 1.19. The number of rotatable bonds is 4. The van der Waals surface area contributed by atoms with E-state index in [0.29, 0.717) is 24.1 Å². The maximum Gasteiger partial charge on any atom is 0.171 e. The lowest BCUT2D eigenvalue weighted by Gasteiger charge is -1.94. The molecule has 52 valence electrons. The zero-order chi connectivity index (χ0) is 7.28. The summed E-state index contributed by atoms with van der Waals surface area (Å²) in [5, 5.41) is 16.4. The molecule has 0 spiro atoms. The molecule has 0 fully saturated rings. The molecule has 3 nitrogen and oxygen atoms in total. The lowest BCUT2D eigenvalue weighted by atomic mass is 11.2. The van der Waals surface area contributed by atoms with Crippen molar-refractivity contribution in [2.75, 3.05) is 0 Å². The Hall–Kier alpha value is -0.260. The highest BCUT2D eigenvalue weighted by Gasteiger charge is 1.93. The van der Waals surface area contributed by atoms with Crippen molar-refractivity contribution in [3.05, 3.63) is 23.3 Å². The van der Waals surface area contributed by atoms with E-state index in [-0.39, 0.29) is 10.2 Å². The second-order valence-corrected chi connectivity index (χ2v) is 2.84. The summed E-state index contributed by atoms with van der Waals surface area (Å²) in [5.41, 5.74) is 0. The molecule has 0 heterocycles. The van der Waals surface area contributed by atoms with Crippen molar-refractivity contribution in [1.29, 1.82) is 0 Å². The Labute approximate surface area is 61.8 Å². The topological polar surface area (TPSA) is 49.7 Å². The lowest BCUT2D eigenvalue weighted by Crippen LogP contribution is -1.70. The van der Waals surface area contributed by atoms with Gasteiger partial charge in [-0.15, -0.1) is 0 Å². The van der Waals surface area contributed by atoms with Crippen LogP contribution >= 0.6 is 24.1 Å². The molecule has 0 aromatic heterocycles. The van der Waals surface area contributed by atoms with Crippen molar-refractivity contribution in [2.24, 2.45) is 0 Å². The summed E-state index contributed by atoms with van der Waals surface area (Å²) in [5.74, 6) is 0. The van der Waals surface area contributed by atoms with Gasteiger partial charge in [0.2, 0.25) is 0 Å². The molecule has 0 aromatic rings. The minimum Gasteiger partial charge on any atom is -0.501 e. The molecule has 0 bridgehead atoms. The first-order valence-corrected chi connectivity index (χ1v) is 3.38. The standard InChI is InChI=1S/C4H6O3S2/c1-3(5)8-7-9-4(2)6/h5-6H,1-2H2. The van der Waals surface area contributed by atoms with E-state index in [2.05, 4.69) is 16.8 Å². The highest BCUT2D eigenvalue weighted by atomic mass is 32.2. The quantitative estimate of drug-likeness (QED) is 0.496. The van der Waals surface area contributed by atoms with Gasteiger partial charge in [0, 0.05) is 0 Å². The minimum absolute atomic E-state index is 0.163. The Bertz CT molecular complexity index is 109. The van der Waals surface area contributed by atoms with E-state index >= 15 is 0 Å². The molecule has 0 unspecified atom stereocenters. The van der Waals surface area contributed by atoms with Gasteiger partial charge in [-0.3, -0.25) is 0 Å². The van der Waals surface area contributed by atoms with Crippen LogP contribution in [0.4, 0.5) is 0 Å². The average molecular weight is 166 g/mol. The first-order valence-electron chi connectivity index (χ1n) is 1.90. The normalized spacial score (nSPS) is 8.89. The number of hydrogen-bond acceptors (Lipinski definition) is 5. The Balaban J connectivity index is 3.10. The molecular formula is C4H6O3S2. The van der Waals surface area contributed by atoms with E-state index in [9.17, 15) is 0 Å². The van der Waals surface area contributed by atoms with Crippen LogP contribution in [0.3, 0.4) is 0 Å². The minimum atomic E-state index is -0.163. The fourth-order valence-corrected chi connectivity index (χ4v) is 0.860. The first-order chi connectivity index (χ1) is 4.13. The van der Waals surface area contributed by atoms with Gasteiger partial charge in [0.15, 0.2) is 10.2 Å². The third-order valence-electron chi connectivity index (χ3n) is 0.260. The van der Waals surface area contributed by atoms with Crippen LogP contribution in [-0.2, 0) is 3.63 Å². The van der Waals surface area contributed by atoms with E-state index in [1.54, 1.807) is 0 Å². The van der Waals surface area contributed by atoms with Crippen LogP contribution in [0.2, 0.25) is 0 Å².